The van der Waals surface area contributed by atoms with Crippen LogP contribution in [0.15, 0.2) is 0 Å². The second-order valence-electron chi connectivity index (χ2n) is 13.1. The van der Waals surface area contributed by atoms with Crippen LogP contribution >= 0.6 is 0 Å². The molecule has 1 amide bonds. The van der Waals surface area contributed by atoms with E-state index >= 15 is 0 Å². The number of amides is 1. The van der Waals surface area contributed by atoms with Crippen LogP contribution < -0.4 is 34.9 Å². The molecular weight excluding hydrogens is 501 g/mol. The van der Waals surface area contributed by atoms with E-state index in [4.69, 9.17) is 0 Å². The molecule has 3 N–H and O–H groups in total. The Bertz CT molecular complexity index is 901. The van der Waals surface area contributed by atoms with Crippen molar-refractivity contribution in [2.75, 3.05) is 12.3 Å². The van der Waals surface area contributed by atoms with Crippen LogP contribution in [0.25, 0.3) is 0 Å². The third kappa shape index (κ3) is 6.46. The second kappa shape index (κ2) is 12.4. The largest absolute Gasteiger partial charge is 1.00 e. The molecule has 4 saturated carbocycles. The van der Waals surface area contributed by atoms with Crippen molar-refractivity contribution in [3.63, 3.8) is 0 Å². The minimum Gasteiger partial charge on any atom is -0.748 e. The predicted molar refractivity (Wildman–Crippen MR) is 138 cm³/mol. The van der Waals surface area contributed by atoms with E-state index in [1.165, 1.54) is 0 Å². The summed E-state index contributed by atoms with van der Waals surface area (Å²) in [6.45, 7) is 9.20. The molecule has 0 saturated heterocycles. The first-order valence-electron chi connectivity index (χ1n) is 14.4. The summed E-state index contributed by atoms with van der Waals surface area (Å²) in [6.07, 6.45) is 7.76. The molecule has 0 spiro atoms. The minimum atomic E-state index is -4.32. The Hall–Kier alpha value is 0.300. The van der Waals surface area contributed by atoms with E-state index in [9.17, 15) is 28.0 Å². The van der Waals surface area contributed by atoms with Gasteiger partial charge in [-0.3, -0.25) is 4.79 Å². The molecule has 0 aromatic carbocycles. The standard InChI is InChI=1S/C28H49NO6S.Na/c1-5-19-22-15-18(30)10-11-28(22,4)23-14-17(3)25-20(7-8-21(25)26(23)27(19)32)16(2)6-9-24(31)29-12-13-36(33,34)35;/h16-23,25-27,30,32H,5-15H2,1-4H3,(H,29,31)(H,33,34,35);/q;+1/p-1/t16-,17-,18-,19-,20-,21-,22+,23+,25-,26+,27-,28+;/m1./s1. The number of aliphatic hydroxyl groups excluding tert-OH is 2. The molecule has 0 heterocycles. The van der Waals surface area contributed by atoms with Gasteiger partial charge in [-0.15, -0.1) is 0 Å². The molecule has 0 unspecified atom stereocenters. The van der Waals surface area contributed by atoms with E-state index in [1.807, 2.05) is 0 Å². The van der Waals surface area contributed by atoms with Crippen LogP contribution in [-0.2, 0) is 14.9 Å². The number of nitrogens with one attached hydrogen (secondary N) is 1. The average molecular weight is 550 g/mol. The van der Waals surface area contributed by atoms with Crippen LogP contribution in [0, 0.1) is 58.7 Å². The monoisotopic (exact) mass is 549 g/mol. The molecule has 4 fully saturated rings. The summed E-state index contributed by atoms with van der Waals surface area (Å²) in [4.78, 5) is 12.2. The van der Waals surface area contributed by atoms with Gasteiger partial charge in [-0.25, -0.2) is 8.42 Å². The summed E-state index contributed by atoms with van der Waals surface area (Å²) < 4.78 is 32.3. The van der Waals surface area contributed by atoms with Crippen molar-refractivity contribution in [1.29, 1.82) is 0 Å². The fourth-order valence-electron chi connectivity index (χ4n) is 9.75. The third-order valence-electron chi connectivity index (χ3n) is 11.4. The number of hydrogen-bond acceptors (Lipinski definition) is 6. The van der Waals surface area contributed by atoms with Gasteiger partial charge in [-0.05, 0) is 104 Å². The van der Waals surface area contributed by atoms with Crippen molar-refractivity contribution in [3.8, 4) is 0 Å². The summed E-state index contributed by atoms with van der Waals surface area (Å²) in [6, 6.07) is 0. The Morgan fingerprint density at radius 2 is 1.84 bits per heavy atom. The zero-order valence-electron chi connectivity index (χ0n) is 23.6. The number of hydrogen-bond donors (Lipinski definition) is 3. The van der Waals surface area contributed by atoms with Gasteiger partial charge < -0.3 is 20.1 Å². The summed E-state index contributed by atoms with van der Waals surface area (Å²) in [5.74, 6) is 3.34. The van der Waals surface area contributed by atoms with Gasteiger partial charge in [-0.2, -0.15) is 0 Å². The van der Waals surface area contributed by atoms with E-state index in [1.54, 1.807) is 0 Å². The molecule has 0 bridgehead atoms. The summed E-state index contributed by atoms with van der Waals surface area (Å²) in [5, 5.41) is 24.8. The Labute approximate surface area is 246 Å². The first-order valence-corrected chi connectivity index (χ1v) is 16.0. The fourth-order valence-corrected chi connectivity index (χ4v) is 10.1. The maximum Gasteiger partial charge on any atom is 1.00 e. The van der Waals surface area contributed by atoms with Gasteiger partial charge in [-0.1, -0.05) is 34.1 Å². The summed E-state index contributed by atoms with van der Waals surface area (Å²) >= 11 is 0. The zero-order valence-corrected chi connectivity index (χ0v) is 26.4. The molecule has 4 rings (SSSR count). The van der Waals surface area contributed by atoms with Crippen LogP contribution in [0.1, 0.15) is 85.5 Å². The molecule has 0 aromatic heterocycles. The van der Waals surface area contributed by atoms with Gasteiger partial charge in [0.2, 0.25) is 5.91 Å². The van der Waals surface area contributed by atoms with E-state index in [0.717, 1.165) is 51.4 Å². The van der Waals surface area contributed by atoms with E-state index in [2.05, 4.69) is 33.0 Å². The first-order chi connectivity index (χ1) is 16.9. The van der Waals surface area contributed by atoms with Crippen molar-refractivity contribution in [1.82, 2.24) is 5.32 Å². The molecule has 37 heavy (non-hydrogen) atoms. The van der Waals surface area contributed by atoms with Gasteiger partial charge in [0.1, 0.15) is 0 Å². The molecular formula is C28H48NNaO6S. The minimum absolute atomic E-state index is 0. The van der Waals surface area contributed by atoms with Crippen LogP contribution in [-0.4, -0.2) is 53.6 Å². The smallest absolute Gasteiger partial charge is 0.748 e. The number of rotatable bonds is 8. The molecule has 0 radical (unpaired) electrons. The fraction of sp³-hybridized carbons (Fsp3) is 0.964. The van der Waals surface area contributed by atoms with Crippen molar-refractivity contribution >= 4 is 16.0 Å². The summed E-state index contributed by atoms with van der Waals surface area (Å²) in [5.41, 5.74) is 0.197. The van der Waals surface area contributed by atoms with Crippen LogP contribution in [0.2, 0.25) is 0 Å². The normalized spacial score (nSPS) is 44.1. The molecule has 0 aliphatic heterocycles. The molecule has 0 aromatic rings. The van der Waals surface area contributed by atoms with Crippen LogP contribution in [0.3, 0.4) is 0 Å². The Balaban J connectivity index is 0.00000380. The number of aliphatic hydroxyl groups is 2. The average Bonchev–Trinajstić information content (AvgIpc) is 3.24. The number of carbonyl (C=O) groups excluding carboxylic acids is 1. The quantitative estimate of drug-likeness (QED) is 0.300. The molecule has 4 aliphatic rings. The maximum absolute atomic E-state index is 12.2. The molecule has 12 atom stereocenters. The van der Waals surface area contributed by atoms with Gasteiger partial charge in [0.15, 0.2) is 0 Å². The molecule has 4 aliphatic carbocycles. The third-order valence-corrected chi connectivity index (χ3v) is 12.1. The predicted octanol–water partition coefficient (Wildman–Crippen LogP) is 0.551. The van der Waals surface area contributed by atoms with Crippen molar-refractivity contribution in [2.24, 2.45) is 58.7 Å². The zero-order chi connectivity index (χ0) is 26.4. The number of fused-ring (bicyclic) bond motifs is 5. The first kappa shape index (κ1) is 31.8. The van der Waals surface area contributed by atoms with E-state index in [0.29, 0.717) is 53.8 Å². The van der Waals surface area contributed by atoms with Crippen molar-refractivity contribution < 1.29 is 57.5 Å². The Kier molecular flexibility index (Phi) is 10.7. The Morgan fingerprint density at radius 3 is 2.49 bits per heavy atom. The molecule has 7 nitrogen and oxygen atoms in total. The van der Waals surface area contributed by atoms with Crippen LogP contribution in [0.4, 0.5) is 0 Å². The SMILES string of the molecule is CC[C@H]1[C@@H](O)[C@H]2[C@@H]3CC[C@H]([C@H](C)CCC(=O)NCCS(=O)(=O)[O-])[C@H]3[C@H](C)C[C@@H]2[C@@]2(C)CC[C@@H](O)C[C@@H]12.[Na+]. The summed E-state index contributed by atoms with van der Waals surface area (Å²) in [7, 11) is -4.32. The molecule has 9 heteroatoms. The topological polar surface area (TPSA) is 127 Å². The van der Waals surface area contributed by atoms with Crippen LogP contribution in [0.5, 0.6) is 0 Å². The van der Waals surface area contributed by atoms with Crippen molar-refractivity contribution in [3.05, 3.63) is 0 Å². The number of carbonyl (C=O) groups is 1. The second-order valence-corrected chi connectivity index (χ2v) is 14.6. The Morgan fingerprint density at radius 1 is 1.14 bits per heavy atom. The van der Waals surface area contributed by atoms with Gasteiger partial charge in [0.05, 0.1) is 28.1 Å². The molecule has 208 valence electrons. The van der Waals surface area contributed by atoms with E-state index < -0.39 is 15.9 Å². The van der Waals surface area contributed by atoms with E-state index in [-0.39, 0.29) is 65.6 Å². The maximum atomic E-state index is 12.2. The van der Waals surface area contributed by atoms with Gasteiger partial charge >= 0.3 is 29.6 Å². The van der Waals surface area contributed by atoms with Crippen molar-refractivity contribution in [2.45, 2.75) is 97.7 Å². The van der Waals surface area contributed by atoms with Gasteiger partial charge in [0, 0.05) is 13.0 Å². The van der Waals surface area contributed by atoms with Gasteiger partial charge in [0.25, 0.3) is 0 Å².